The Balaban J connectivity index is 2.08. The van der Waals surface area contributed by atoms with E-state index in [2.05, 4.69) is 0 Å². The number of Topliss-reactive ketones (excluding diaryl/α,β-unsaturated/α-hetero) is 1. The highest BCUT2D eigenvalue weighted by Crippen LogP contribution is 2.49. The van der Waals surface area contributed by atoms with Gasteiger partial charge in [-0.3, -0.25) is 4.79 Å². The summed E-state index contributed by atoms with van der Waals surface area (Å²) in [5, 5.41) is 29.0. The first-order valence-electron chi connectivity index (χ1n) is 6.63. The molecule has 6 heteroatoms. The number of methoxy groups -OCH3 is 1. The van der Waals surface area contributed by atoms with E-state index >= 15 is 0 Å². The Labute approximate surface area is 126 Å². The standard InChI is InChI=1S/C16H14O6/c1-21-15-12(20)6-10(18)14-11(19)7-13(22-16(14)15)8-2-4-9(17)5-3-8/h2-6,13,17-18,20H,7H2,1H3. The molecule has 0 bridgehead atoms. The lowest BCUT2D eigenvalue weighted by atomic mass is 9.95. The molecule has 114 valence electrons. The molecular formula is C16H14O6. The van der Waals surface area contributed by atoms with Gasteiger partial charge in [0, 0.05) is 6.07 Å². The molecule has 22 heavy (non-hydrogen) atoms. The molecular weight excluding hydrogens is 288 g/mol. The van der Waals surface area contributed by atoms with Crippen LogP contribution in [0, 0.1) is 0 Å². The summed E-state index contributed by atoms with van der Waals surface area (Å²) in [6, 6.07) is 7.34. The maximum atomic E-state index is 12.3. The topological polar surface area (TPSA) is 96.2 Å². The van der Waals surface area contributed by atoms with Crippen molar-refractivity contribution in [1.82, 2.24) is 0 Å². The number of hydrogen-bond donors (Lipinski definition) is 3. The number of aromatic hydroxyl groups is 3. The van der Waals surface area contributed by atoms with E-state index in [1.165, 1.54) is 19.2 Å². The van der Waals surface area contributed by atoms with Gasteiger partial charge in [0.25, 0.3) is 0 Å². The molecule has 0 radical (unpaired) electrons. The average molecular weight is 302 g/mol. The van der Waals surface area contributed by atoms with Crippen LogP contribution >= 0.6 is 0 Å². The molecule has 0 aromatic heterocycles. The Morgan fingerprint density at radius 1 is 1.14 bits per heavy atom. The molecule has 0 saturated carbocycles. The molecule has 0 fully saturated rings. The van der Waals surface area contributed by atoms with Crippen LogP contribution in [0.4, 0.5) is 0 Å². The predicted molar refractivity (Wildman–Crippen MR) is 76.7 cm³/mol. The van der Waals surface area contributed by atoms with E-state index in [0.717, 1.165) is 6.07 Å². The van der Waals surface area contributed by atoms with Crippen molar-refractivity contribution in [3.05, 3.63) is 41.5 Å². The molecule has 0 aliphatic carbocycles. The van der Waals surface area contributed by atoms with Crippen LogP contribution in [0.2, 0.25) is 0 Å². The summed E-state index contributed by atoms with van der Waals surface area (Å²) in [7, 11) is 1.34. The van der Waals surface area contributed by atoms with E-state index in [0.29, 0.717) is 5.56 Å². The van der Waals surface area contributed by atoms with Gasteiger partial charge in [0.05, 0.1) is 13.5 Å². The second-order valence-electron chi connectivity index (χ2n) is 4.98. The molecule has 1 aliphatic heterocycles. The highest BCUT2D eigenvalue weighted by Gasteiger charge is 2.34. The molecule has 2 aromatic rings. The number of phenols is 3. The number of benzene rings is 2. The first-order valence-corrected chi connectivity index (χ1v) is 6.63. The molecule has 1 unspecified atom stereocenters. The first-order chi connectivity index (χ1) is 10.5. The van der Waals surface area contributed by atoms with E-state index in [4.69, 9.17) is 9.47 Å². The van der Waals surface area contributed by atoms with Crippen LogP contribution in [0.1, 0.15) is 28.4 Å². The minimum Gasteiger partial charge on any atom is -0.508 e. The fourth-order valence-corrected chi connectivity index (χ4v) is 2.52. The van der Waals surface area contributed by atoms with Gasteiger partial charge >= 0.3 is 0 Å². The summed E-state index contributed by atoms with van der Waals surface area (Å²) in [4.78, 5) is 12.3. The Hall–Kier alpha value is -2.89. The Morgan fingerprint density at radius 3 is 2.45 bits per heavy atom. The minimum absolute atomic E-state index is 0.00429. The maximum absolute atomic E-state index is 12.3. The third kappa shape index (κ3) is 2.18. The van der Waals surface area contributed by atoms with Crippen LogP contribution in [0.25, 0.3) is 0 Å². The number of carbonyl (C=O) groups excluding carboxylic acids is 1. The highest BCUT2D eigenvalue weighted by molar-refractivity contribution is 6.03. The fourth-order valence-electron chi connectivity index (χ4n) is 2.52. The lowest BCUT2D eigenvalue weighted by molar-refractivity contribution is 0.0836. The Morgan fingerprint density at radius 2 is 1.82 bits per heavy atom. The largest absolute Gasteiger partial charge is 0.508 e. The monoisotopic (exact) mass is 302 g/mol. The zero-order chi connectivity index (χ0) is 15.9. The molecule has 1 aliphatic rings. The van der Waals surface area contributed by atoms with E-state index in [-0.39, 0.29) is 46.5 Å². The minimum atomic E-state index is -0.587. The van der Waals surface area contributed by atoms with Crippen molar-refractivity contribution < 1.29 is 29.6 Å². The molecule has 6 nitrogen and oxygen atoms in total. The van der Waals surface area contributed by atoms with Crippen LogP contribution < -0.4 is 9.47 Å². The molecule has 1 heterocycles. The Bertz CT molecular complexity index is 735. The van der Waals surface area contributed by atoms with Crippen molar-refractivity contribution in [2.75, 3.05) is 7.11 Å². The number of carbonyl (C=O) groups is 1. The fraction of sp³-hybridized carbons (Fsp3) is 0.188. The Kier molecular flexibility index (Phi) is 3.29. The summed E-state index contributed by atoms with van der Waals surface area (Å²) in [5.41, 5.74) is 0.700. The molecule has 3 rings (SSSR count). The summed E-state index contributed by atoms with van der Waals surface area (Å²) in [6.45, 7) is 0. The van der Waals surface area contributed by atoms with Gasteiger partial charge in [0.2, 0.25) is 5.75 Å². The van der Waals surface area contributed by atoms with Gasteiger partial charge in [-0.05, 0) is 17.7 Å². The van der Waals surface area contributed by atoms with E-state index in [9.17, 15) is 20.1 Å². The van der Waals surface area contributed by atoms with Crippen LogP contribution in [0.5, 0.6) is 28.7 Å². The molecule has 1 atom stereocenters. The van der Waals surface area contributed by atoms with Crippen LogP contribution in [-0.2, 0) is 0 Å². The highest BCUT2D eigenvalue weighted by atomic mass is 16.5. The zero-order valence-corrected chi connectivity index (χ0v) is 11.7. The van der Waals surface area contributed by atoms with Gasteiger partial charge in [-0.25, -0.2) is 0 Å². The molecule has 2 aromatic carbocycles. The van der Waals surface area contributed by atoms with Crippen molar-refractivity contribution >= 4 is 5.78 Å². The van der Waals surface area contributed by atoms with Gasteiger partial charge in [0.1, 0.15) is 23.2 Å². The van der Waals surface area contributed by atoms with E-state index in [1.54, 1.807) is 12.1 Å². The lowest BCUT2D eigenvalue weighted by Crippen LogP contribution is -2.21. The third-order valence-electron chi connectivity index (χ3n) is 3.57. The SMILES string of the molecule is COc1c(O)cc(O)c2c1OC(c1ccc(O)cc1)CC2=O. The number of ketones is 1. The number of phenolic OH excluding ortho intramolecular Hbond substituents is 3. The van der Waals surface area contributed by atoms with E-state index < -0.39 is 6.10 Å². The number of hydrogen-bond acceptors (Lipinski definition) is 6. The van der Waals surface area contributed by atoms with Gasteiger partial charge in [-0.2, -0.15) is 0 Å². The van der Waals surface area contributed by atoms with Crippen LogP contribution in [-0.4, -0.2) is 28.2 Å². The van der Waals surface area contributed by atoms with Crippen molar-refractivity contribution in [3.63, 3.8) is 0 Å². The third-order valence-corrected chi connectivity index (χ3v) is 3.57. The van der Waals surface area contributed by atoms with Gasteiger partial charge in [0.15, 0.2) is 17.3 Å². The van der Waals surface area contributed by atoms with Crippen molar-refractivity contribution in [1.29, 1.82) is 0 Å². The predicted octanol–water partition coefficient (Wildman–Crippen LogP) is 2.52. The van der Waals surface area contributed by atoms with Gasteiger partial charge in [-0.15, -0.1) is 0 Å². The second-order valence-corrected chi connectivity index (χ2v) is 4.98. The van der Waals surface area contributed by atoms with Crippen LogP contribution in [0.3, 0.4) is 0 Å². The normalized spacial score (nSPS) is 16.8. The molecule has 0 saturated heterocycles. The number of fused-ring (bicyclic) bond motifs is 1. The average Bonchev–Trinajstić information content (AvgIpc) is 2.47. The smallest absolute Gasteiger partial charge is 0.204 e. The molecule has 0 spiro atoms. The zero-order valence-electron chi connectivity index (χ0n) is 11.7. The van der Waals surface area contributed by atoms with Crippen LogP contribution in [0.15, 0.2) is 30.3 Å². The maximum Gasteiger partial charge on any atom is 0.204 e. The summed E-state index contributed by atoms with van der Waals surface area (Å²) in [5.74, 6) is -0.825. The quantitative estimate of drug-likeness (QED) is 0.789. The summed E-state index contributed by atoms with van der Waals surface area (Å²) >= 11 is 0. The van der Waals surface area contributed by atoms with Crippen molar-refractivity contribution in [2.24, 2.45) is 0 Å². The van der Waals surface area contributed by atoms with Crippen molar-refractivity contribution in [3.8, 4) is 28.7 Å². The lowest BCUT2D eigenvalue weighted by Gasteiger charge is -2.27. The summed E-state index contributed by atoms with van der Waals surface area (Å²) in [6.07, 6.45) is -0.546. The van der Waals surface area contributed by atoms with Gasteiger partial charge < -0.3 is 24.8 Å². The van der Waals surface area contributed by atoms with Crippen molar-refractivity contribution in [2.45, 2.75) is 12.5 Å². The number of ether oxygens (including phenoxy) is 2. The molecule has 3 N–H and O–H groups in total. The second kappa shape index (κ2) is 5.14. The summed E-state index contributed by atoms with van der Waals surface area (Å²) < 4.78 is 10.8. The first kappa shape index (κ1) is 14.1. The number of rotatable bonds is 2. The molecule has 0 amide bonds. The van der Waals surface area contributed by atoms with Gasteiger partial charge in [-0.1, -0.05) is 12.1 Å². The van der Waals surface area contributed by atoms with E-state index in [1.807, 2.05) is 0 Å².